The Morgan fingerprint density at radius 3 is 2.57 bits per heavy atom. The maximum atomic E-state index is 13.9. The second-order valence-electron chi connectivity index (χ2n) is 4.47. The Hall–Kier alpha value is -2.11. The number of carbonyl (C=O) groups excluding carboxylic acids is 2. The zero-order valence-corrected chi connectivity index (χ0v) is 12.7. The third kappa shape index (κ3) is 4.18. The molecule has 1 saturated heterocycles. The summed E-state index contributed by atoms with van der Waals surface area (Å²) in [6.45, 7) is 5.75. The summed E-state index contributed by atoms with van der Waals surface area (Å²) in [6.07, 6.45) is 0.570. The van der Waals surface area contributed by atoms with Crippen molar-refractivity contribution in [3.8, 4) is 5.75 Å². The molecule has 2 rings (SSSR count). The summed E-state index contributed by atoms with van der Waals surface area (Å²) in [4.78, 5) is 22.7. The molecule has 1 aliphatic heterocycles. The van der Waals surface area contributed by atoms with E-state index in [1.54, 1.807) is 13.0 Å². The van der Waals surface area contributed by atoms with Crippen LogP contribution in [-0.4, -0.2) is 25.0 Å². The van der Waals surface area contributed by atoms with Gasteiger partial charge in [0, 0.05) is 6.42 Å². The standard InChI is InChI=1S/C13H15FN2O3.C2H6/c1-7-5-8(14)12(10(6-7)19-2)15-9-3-4-11(17)16-13(9)18;1-2/h5-6,9,15H,3-4H2,1-2H3,(H,16,17,18);1-2H3. The number of ether oxygens (including phenoxy) is 1. The second-order valence-corrected chi connectivity index (χ2v) is 4.47. The van der Waals surface area contributed by atoms with Crippen LogP contribution in [0, 0.1) is 12.7 Å². The van der Waals surface area contributed by atoms with Crippen LogP contribution in [0.15, 0.2) is 12.1 Å². The van der Waals surface area contributed by atoms with Gasteiger partial charge in [-0.05, 0) is 31.0 Å². The molecule has 0 bridgehead atoms. The number of piperidine rings is 1. The molecule has 6 heteroatoms. The van der Waals surface area contributed by atoms with Crippen molar-refractivity contribution in [2.24, 2.45) is 0 Å². The van der Waals surface area contributed by atoms with Gasteiger partial charge in [-0.3, -0.25) is 14.9 Å². The number of amides is 2. The Bertz CT molecular complexity index is 532. The van der Waals surface area contributed by atoms with Gasteiger partial charge in [0.1, 0.15) is 23.3 Å². The number of aryl methyl sites for hydroxylation is 1. The van der Waals surface area contributed by atoms with Gasteiger partial charge in [0.05, 0.1) is 7.11 Å². The molecule has 0 spiro atoms. The quantitative estimate of drug-likeness (QED) is 0.840. The minimum absolute atomic E-state index is 0.141. The summed E-state index contributed by atoms with van der Waals surface area (Å²) >= 11 is 0. The first-order chi connectivity index (χ1) is 10.0. The summed E-state index contributed by atoms with van der Waals surface area (Å²) in [7, 11) is 1.43. The molecule has 21 heavy (non-hydrogen) atoms. The van der Waals surface area contributed by atoms with Crippen LogP contribution in [0.25, 0.3) is 0 Å². The zero-order chi connectivity index (χ0) is 16.0. The van der Waals surface area contributed by atoms with Gasteiger partial charge in [-0.2, -0.15) is 0 Å². The van der Waals surface area contributed by atoms with Crippen molar-refractivity contribution in [3.05, 3.63) is 23.5 Å². The fraction of sp³-hybridized carbons (Fsp3) is 0.467. The number of benzene rings is 1. The lowest BCUT2D eigenvalue weighted by atomic mass is 10.1. The Morgan fingerprint density at radius 1 is 1.33 bits per heavy atom. The molecular formula is C15H21FN2O3. The number of nitrogens with one attached hydrogen (secondary N) is 2. The first kappa shape index (κ1) is 16.9. The summed E-state index contributed by atoms with van der Waals surface area (Å²) < 4.78 is 19.0. The maximum Gasteiger partial charge on any atom is 0.249 e. The number of halogens is 1. The summed E-state index contributed by atoms with van der Waals surface area (Å²) in [5.74, 6) is -0.901. The lowest BCUT2D eigenvalue weighted by molar-refractivity contribution is -0.133. The first-order valence-electron chi connectivity index (χ1n) is 6.95. The van der Waals surface area contributed by atoms with E-state index in [0.717, 1.165) is 5.56 Å². The van der Waals surface area contributed by atoms with Crippen LogP contribution in [0.3, 0.4) is 0 Å². The molecule has 0 aromatic heterocycles. The lowest BCUT2D eigenvalue weighted by Gasteiger charge is -2.24. The number of imide groups is 1. The molecule has 1 heterocycles. The molecule has 0 aliphatic carbocycles. The van der Waals surface area contributed by atoms with Crippen molar-refractivity contribution in [2.75, 3.05) is 12.4 Å². The largest absolute Gasteiger partial charge is 0.494 e. The van der Waals surface area contributed by atoms with E-state index in [4.69, 9.17) is 4.74 Å². The van der Waals surface area contributed by atoms with Gasteiger partial charge in [0.15, 0.2) is 0 Å². The van der Waals surface area contributed by atoms with Crippen LogP contribution in [-0.2, 0) is 9.59 Å². The van der Waals surface area contributed by atoms with E-state index in [9.17, 15) is 14.0 Å². The highest BCUT2D eigenvalue weighted by Crippen LogP contribution is 2.30. The summed E-state index contributed by atoms with van der Waals surface area (Å²) in [5.41, 5.74) is 0.866. The van der Waals surface area contributed by atoms with Gasteiger partial charge in [0.2, 0.25) is 11.8 Å². The SMILES string of the molecule is CC.COc1cc(C)cc(F)c1NC1CCC(=O)NC1=O. The van der Waals surface area contributed by atoms with Gasteiger partial charge in [-0.25, -0.2) is 4.39 Å². The van der Waals surface area contributed by atoms with Crippen LogP contribution in [0.1, 0.15) is 32.3 Å². The average Bonchev–Trinajstić information content (AvgIpc) is 2.45. The van der Waals surface area contributed by atoms with Crippen molar-refractivity contribution in [1.29, 1.82) is 0 Å². The molecule has 0 saturated carbocycles. The smallest absolute Gasteiger partial charge is 0.249 e. The highest BCUT2D eigenvalue weighted by Gasteiger charge is 2.28. The Morgan fingerprint density at radius 2 is 2.00 bits per heavy atom. The lowest BCUT2D eigenvalue weighted by Crippen LogP contribution is -2.47. The Labute approximate surface area is 123 Å². The molecule has 116 valence electrons. The molecule has 1 atom stereocenters. The fourth-order valence-electron chi connectivity index (χ4n) is 2.02. The number of anilines is 1. The van der Waals surface area contributed by atoms with E-state index in [-0.39, 0.29) is 18.0 Å². The fourth-order valence-corrected chi connectivity index (χ4v) is 2.02. The van der Waals surface area contributed by atoms with Crippen LogP contribution in [0.4, 0.5) is 10.1 Å². The van der Waals surface area contributed by atoms with Crippen molar-refractivity contribution in [1.82, 2.24) is 5.32 Å². The van der Waals surface area contributed by atoms with Crippen LogP contribution in [0.2, 0.25) is 0 Å². The van der Waals surface area contributed by atoms with E-state index < -0.39 is 17.8 Å². The van der Waals surface area contributed by atoms with Crippen LogP contribution >= 0.6 is 0 Å². The maximum absolute atomic E-state index is 13.9. The Balaban J connectivity index is 0.00000106. The van der Waals surface area contributed by atoms with E-state index in [1.807, 2.05) is 13.8 Å². The van der Waals surface area contributed by atoms with Crippen molar-refractivity contribution >= 4 is 17.5 Å². The van der Waals surface area contributed by atoms with Gasteiger partial charge >= 0.3 is 0 Å². The van der Waals surface area contributed by atoms with Crippen LogP contribution < -0.4 is 15.4 Å². The third-order valence-corrected chi connectivity index (χ3v) is 2.98. The monoisotopic (exact) mass is 296 g/mol. The normalized spacial score (nSPS) is 17.5. The van der Waals surface area contributed by atoms with Crippen molar-refractivity contribution in [3.63, 3.8) is 0 Å². The third-order valence-electron chi connectivity index (χ3n) is 2.98. The molecule has 2 amide bonds. The zero-order valence-electron chi connectivity index (χ0n) is 12.7. The number of hydrogen-bond donors (Lipinski definition) is 2. The second kappa shape index (κ2) is 7.61. The number of rotatable bonds is 3. The molecule has 1 fully saturated rings. The first-order valence-corrected chi connectivity index (χ1v) is 6.95. The van der Waals surface area contributed by atoms with Crippen molar-refractivity contribution < 1.29 is 18.7 Å². The molecule has 0 radical (unpaired) electrons. The summed E-state index contributed by atoms with van der Waals surface area (Å²) in [6, 6.07) is 2.40. The molecule has 1 aliphatic rings. The average molecular weight is 296 g/mol. The van der Waals surface area contributed by atoms with Gasteiger partial charge in [0.25, 0.3) is 0 Å². The number of hydrogen-bond acceptors (Lipinski definition) is 4. The highest BCUT2D eigenvalue weighted by molar-refractivity contribution is 6.01. The van der Waals surface area contributed by atoms with Gasteiger partial charge in [-0.15, -0.1) is 0 Å². The van der Waals surface area contributed by atoms with E-state index >= 15 is 0 Å². The number of methoxy groups -OCH3 is 1. The minimum Gasteiger partial charge on any atom is -0.494 e. The molecule has 1 aromatic carbocycles. The van der Waals surface area contributed by atoms with E-state index in [0.29, 0.717) is 12.2 Å². The minimum atomic E-state index is -0.635. The Kier molecular flexibility index (Phi) is 6.14. The van der Waals surface area contributed by atoms with Gasteiger partial charge < -0.3 is 10.1 Å². The van der Waals surface area contributed by atoms with E-state index in [2.05, 4.69) is 10.6 Å². The highest BCUT2D eigenvalue weighted by atomic mass is 19.1. The van der Waals surface area contributed by atoms with Gasteiger partial charge in [-0.1, -0.05) is 13.8 Å². The number of carbonyl (C=O) groups is 2. The molecule has 5 nitrogen and oxygen atoms in total. The predicted molar refractivity (Wildman–Crippen MR) is 78.8 cm³/mol. The van der Waals surface area contributed by atoms with Crippen molar-refractivity contribution in [2.45, 2.75) is 39.7 Å². The topological polar surface area (TPSA) is 67.4 Å². The molecule has 2 N–H and O–H groups in total. The molecular weight excluding hydrogens is 275 g/mol. The van der Waals surface area contributed by atoms with Crippen LogP contribution in [0.5, 0.6) is 5.75 Å². The predicted octanol–water partition coefficient (Wildman–Crippen LogP) is 2.39. The molecule has 1 aromatic rings. The summed E-state index contributed by atoms with van der Waals surface area (Å²) in [5, 5.41) is 5.02. The molecule has 1 unspecified atom stereocenters. The van der Waals surface area contributed by atoms with E-state index in [1.165, 1.54) is 13.2 Å².